The molecule has 1 aliphatic rings. The van der Waals surface area contributed by atoms with Crippen LogP contribution in [0.5, 0.6) is 0 Å². The van der Waals surface area contributed by atoms with E-state index in [9.17, 15) is 9.90 Å². The summed E-state index contributed by atoms with van der Waals surface area (Å²) in [4.78, 5) is 11.4. The highest BCUT2D eigenvalue weighted by Crippen LogP contribution is 2.27. The average Bonchev–Trinajstić information content (AvgIpc) is 2.58. The fourth-order valence-corrected chi connectivity index (χ4v) is 2.13. The third kappa shape index (κ3) is 3.46. The summed E-state index contributed by atoms with van der Waals surface area (Å²) in [5.41, 5.74) is 0. The lowest BCUT2D eigenvalue weighted by molar-refractivity contribution is -0.144. The number of carbonyl (C=O) groups is 1. The molecule has 1 heterocycles. The van der Waals surface area contributed by atoms with Crippen LogP contribution in [0.25, 0.3) is 0 Å². The van der Waals surface area contributed by atoms with Gasteiger partial charge in [0.25, 0.3) is 0 Å². The zero-order valence-electron chi connectivity index (χ0n) is 10.1. The molecule has 1 aliphatic heterocycles. The van der Waals surface area contributed by atoms with Crippen molar-refractivity contribution >= 4 is 5.97 Å². The number of ether oxygens (including phenoxy) is 1. The normalized spacial score (nSPS) is 27.2. The molecule has 0 bridgehead atoms. The van der Waals surface area contributed by atoms with Crippen LogP contribution in [0.1, 0.15) is 33.1 Å². The molecule has 2 N–H and O–H groups in total. The summed E-state index contributed by atoms with van der Waals surface area (Å²) in [5.74, 6) is -0.522. The molecule has 0 aliphatic carbocycles. The number of cyclic esters (lactones) is 1. The Hall–Kier alpha value is -0.610. The van der Waals surface area contributed by atoms with Gasteiger partial charge < -0.3 is 14.9 Å². The minimum atomic E-state index is -0.675. The van der Waals surface area contributed by atoms with Gasteiger partial charge >= 0.3 is 5.97 Å². The molecule has 1 fully saturated rings. The van der Waals surface area contributed by atoms with Gasteiger partial charge in [-0.25, -0.2) is 0 Å². The van der Waals surface area contributed by atoms with Gasteiger partial charge in [-0.1, -0.05) is 26.7 Å². The third-order valence-corrected chi connectivity index (χ3v) is 3.15. The Morgan fingerprint density at radius 1 is 1.44 bits per heavy atom. The van der Waals surface area contributed by atoms with Crippen LogP contribution in [-0.4, -0.2) is 35.5 Å². The number of rotatable bonds is 6. The molecule has 0 radical (unpaired) electrons. The predicted molar refractivity (Wildman–Crippen MR) is 59.7 cm³/mol. The van der Waals surface area contributed by atoms with Crippen molar-refractivity contribution < 1.29 is 19.7 Å². The Labute approximate surface area is 96.6 Å². The first kappa shape index (κ1) is 13.5. The average molecular weight is 230 g/mol. The molecule has 0 amide bonds. The Morgan fingerprint density at radius 3 is 2.69 bits per heavy atom. The Kier molecular flexibility index (Phi) is 5.22. The van der Waals surface area contributed by atoms with Gasteiger partial charge in [0.1, 0.15) is 0 Å². The number of carbonyl (C=O) groups excluding carboxylic acids is 1. The number of hydrogen-bond acceptors (Lipinski definition) is 4. The van der Waals surface area contributed by atoms with Crippen molar-refractivity contribution in [3.8, 4) is 0 Å². The Balaban J connectivity index is 2.39. The van der Waals surface area contributed by atoms with Crippen LogP contribution in [0.15, 0.2) is 0 Å². The molecule has 1 saturated heterocycles. The van der Waals surface area contributed by atoms with Crippen LogP contribution in [0.2, 0.25) is 0 Å². The SMILES string of the molecule is CC(C)CCCC(O)C1C(=O)OCC1CO. The van der Waals surface area contributed by atoms with Crippen molar-refractivity contribution in [1.82, 2.24) is 0 Å². The molecule has 0 aromatic heterocycles. The first-order valence-electron chi connectivity index (χ1n) is 6.01. The minimum absolute atomic E-state index is 0.0996. The van der Waals surface area contributed by atoms with E-state index in [-0.39, 0.29) is 25.1 Å². The van der Waals surface area contributed by atoms with E-state index in [0.717, 1.165) is 12.8 Å². The Morgan fingerprint density at radius 2 is 2.12 bits per heavy atom. The zero-order valence-corrected chi connectivity index (χ0v) is 10.1. The van der Waals surface area contributed by atoms with Gasteiger partial charge in [0.2, 0.25) is 0 Å². The summed E-state index contributed by atoms with van der Waals surface area (Å²) in [7, 11) is 0. The van der Waals surface area contributed by atoms with E-state index < -0.39 is 12.0 Å². The zero-order chi connectivity index (χ0) is 12.1. The minimum Gasteiger partial charge on any atom is -0.465 e. The molecule has 1 rings (SSSR count). The van der Waals surface area contributed by atoms with Gasteiger partial charge in [-0.3, -0.25) is 4.79 Å². The van der Waals surface area contributed by atoms with E-state index in [0.29, 0.717) is 12.3 Å². The number of esters is 1. The topological polar surface area (TPSA) is 66.8 Å². The third-order valence-electron chi connectivity index (χ3n) is 3.15. The molecule has 3 atom stereocenters. The quantitative estimate of drug-likeness (QED) is 0.667. The van der Waals surface area contributed by atoms with E-state index in [4.69, 9.17) is 9.84 Å². The number of aliphatic hydroxyl groups excluding tert-OH is 2. The van der Waals surface area contributed by atoms with Crippen LogP contribution in [-0.2, 0) is 9.53 Å². The fraction of sp³-hybridized carbons (Fsp3) is 0.917. The van der Waals surface area contributed by atoms with Crippen molar-refractivity contribution in [3.63, 3.8) is 0 Å². The summed E-state index contributed by atoms with van der Waals surface area (Å²) in [6.07, 6.45) is 1.88. The molecule has 0 saturated carbocycles. The number of aliphatic hydroxyl groups is 2. The first-order chi connectivity index (χ1) is 7.56. The maximum Gasteiger partial charge on any atom is 0.312 e. The molecule has 4 heteroatoms. The summed E-state index contributed by atoms with van der Waals surface area (Å²) >= 11 is 0. The van der Waals surface area contributed by atoms with Gasteiger partial charge in [0.05, 0.1) is 25.2 Å². The van der Waals surface area contributed by atoms with Gasteiger partial charge in [0.15, 0.2) is 0 Å². The van der Waals surface area contributed by atoms with Crippen molar-refractivity contribution in [2.45, 2.75) is 39.2 Å². The summed E-state index contributed by atoms with van der Waals surface area (Å²) in [5, 5.41) is 19.0. The fourth-order valence-electron chi connectivity index (χ4n) is 2.13. The molecule has 94 valence electrons. The standard InChI is InChI=1S/C12H22O4/c1-8(2)4-3-5-10(14)11-9(6-13)7-16-12(11)15/h8-11,13-14H,3-7H2,1-2H3. The highest BCUT2D eigenvalue weighted by atomic mass is 16.5. The largest absolute Gasteiger partial charge is 0.465 e. The van der Waals surface area contributed by atoms with Crippen molar-refractivity contribution in [3.05, 3.63) is 0 Å². The van der Waals surface area contributed by atoms with Crippen LogP contribution < -0.4 is 0 Å². The van der Waals surface area contributed by atoms with E-state index in [1.807, 2.05) is 0 Å². The molecule has 3 unspecified atom stereocenters. The highest BCUT2D eigenvalue weighted by Gasteiger charge is 2.41. The molecule has 0 aromatic rings. The maximum atomic E-state index is 11.4. The summed E-state index contributed by atoms with van der Waals surface area (Å²) in [6.45, 7) is 4.40. The van der Waals surface area contributed by atoms with Crippen LogP contribution >= 0.6 is 0 Å². The smallest absolute Gasteiger partial charge is 0.312 e. The number of hydrogen-bond donors (Lipinski definition) is 2. The predicted octanol–water partition coefficient (Wildman–Crippen LogP) is 0.955. The van der Waals surface area contributed by atoms with E-state index >= 15 is 0 Å². The molecular formula is C12H22O4. The second-order valence-electron chi connectivity index (χ2n) is 4.99. The van der Waals surface area contributed by atoms with E-state index in [1.165, 1.54) is 0 Å². The molecule has 0 aromatic carbocycles. The highest BCUT2D eigenvalue weighted by molar-refractivity contribution is 5.75. The van der Waals surface area contributed by atoms with Crippen molar-refractivity contribution in [2.24, 2.45) is 17.8 Å². The van der Waals surface area contributed by atoms with Crippen LogP contribution in [0.4, 0.5) is 0 Å². The Bertz CT molecular complexity index is 227. The van der Waals surface area contributed by atoms with Crippen LogP contribution in [0.3, 0.4) is 0 Å². The van der Waals surface area contributed by atoms with Gasteiger partial charge in [-0.2, -0.15) is 0 Å². The molecule has 4 nitrogen and oxygen atoms in total. The van der Waals surface area contributed by atoms with Crippen LogP contribution in [0, 0.1) is 17.8 Å². The molecular weight excluding hydrogens is 208 g/mol. The van der Waals surface area contributed by atoms with Gasteiger partial charge in [-0.05, 0) is 12.3 Å². The maximum absolute atomic E-state index is 11.4. The van der Waals surface area contributed by atoms with Gasteiger partial charge in [-0.15, -0.1) is 0 Å². The summed E-state index contributed by atoms with van der Waals surface area (Å²) in [6, 6.07) is 0. The molecule has 0 spiro atoms. The monoisotopic (exact) mass is 230 g/mol. The summed E-state index contributed by atoms with van der Waals surface area (Å²) < 4.78 is 4.86. The van der Waals surface area contributed by atoms with E-state index in [2.05, 4.69) is 13.8 Å². The van der Waals surface area contributed by atoms with Gasteiger partial charge in [0, 0.05) is 5.92 Å². The lowest BCUT2D eigenvalue weighted by atomic mass is 9.87. The molecule has 16 heavy (non-hydrogen) atoms. The van der Waals surface area contributed by atoms with Crippen molar-refractivity contribution in [2.75, 3.05) is 13.2 Å². The lowest BCUT2D eigenvalue weighted by Crippen LogP contribution is -2.31. The lowest BCUT2D eigenvalue weighted by Gasteiger charge is -2.19. The second-order valence-corrected chi connectivity index (χ2v) is 4.99. The first-order valence-corrected chi connectivity index (χ1v) is 6.01. The second kappa shape index (κ2) is 6.21. The van der Waals surface area contributed by atoms with Crippen molar-refractivity contribution in [1.29, 1.82) is 0 Å². The van der Waals surface area contributed by atoms with E-state index in [1.54, 1.807) is 0 Å².